The van der Waals surface area contributed by atoms with E-state index in [1.807, 2.05) is 0 Å². The van der Waals surface area contributed by atoms with Gasteiger partial charge in [0.05, 0.1) is 13.2 Å². The molecule has 0 fully saturated rings. The van der Waals surface area contributed by atoms with E-state index in [0.29, 0.717) is 11.3 Å². The number of ether oxygens (including phenoxy) is 2. The van der Waals surface area contributed by atoms with E-state index >= 15 is 0 Å². The third-order valence-corrected chi connectivity index (χ3v) is 2.85. The zero-order valence-electron chi connectivity index (χ0n) is 12.6. The minimum absolute atomic E-state index is 0.0814. The molecule has 1 aromatic carbocycles. The third kappa shape index (κ3) is 6.55. The van der Waals surface area contributed by atoms with Gasteiger partial charge >= 0.3 is 18.0 Å². The summed E-state index contributed by atoms with van der Waals surface area (Å²) >= 11 is 0. The fraction of sp³-hybridized carbons (Fsp3) is 0.429. The van der Waals surface area contributed by atoms with Crippen LogP contribution in [0.4, 0.5) is 13.2 Å². The van der Waals surface area contributed by atoms with Crippen LogP contribution in [0.1, 0.15) is 11.7 Å². The van der Waals surface area contributed by atoms with Gasteiger partial charge in [-0.3, -0.25) is 9.59 Å². The highest BCUT2D eigenvalue weighted by Crippen LogP contribution is 2.20. The molecule has 9 heteroatoms. The number of rotatable bonds is 6. The number of methoxy groups -OCH3 is 2. The Kier molecular flexibility index (Phi) is 6.83. The second-order valence-corrected chi connectivity index (χ2v) is 4.51. The first-order chi connectivity index (χ1) is 10.8. The Bertz CT molecular complexity index is 549. The summed E-state index contributed by atoms with van der Waals surface area (Å²) in [5.74, 6) is -1.94. The Balaban J connectivity index is 2.56. The van der Waals surface area contributed by atoms with Gasteiger partial charge in [0.1, 0.15) is 12.3 Å². The molecule has 0 aliphatic rings. The van der Waals surface area contributed by atoms with Gasteiger partial charge in [0.25, 0.3) is 0 Å². The molecule has 0 saturated heterocycles. The van der Waals surface area contributed by atoms with Crippen LogP contribution in [0.5, 0.6) is 5.75 Å². The molecule has 0 spiro atoms. The fourth-order valence-corrected chi connectivity index (χ4v) is 1.71. The number of amides is 2. The normalized spacial score (nSPS) is 12.4. The molecular formula is C14H17F3N2O4. The van der Waals surface area contributed by atoms with E-state index in [1.165, 1.54) is 19.5 Å². The highest BCUT2D eigenvalue weighted by molar-refractivity contribution is 6.35. The summed E-state index contributed by atoms with van der Waals surface area (Å²) in [7, 11) is 2.90. The first-order valence-electron chi connectivity index (χ1n) is 6.56. The molecule has 0 saturated carbocycles. The number of halogens is 3. The van der Waals surface area contributed by atoms with Crippen molar-refractivity contribution in [1.82, 2.24) is 10.6 Å². The van der Waals surface area contributed by atoms with Gasteiger partial charge in [-0.15, -0.1) is 0 Å². The van der Waals surface area contributed by atoms with E-state index in [4.69, 9.17) is 9.47 Å². The first kappa shape index (κ1) is 18.8. The van der Waals surface area contributed by atoms with Crippen molar-refractivity contribution in [3.63, 3.8) is 0 Å². The van der Waals surface area contributed by atoms with Crippen molar-refractivity contribution in [3.8, 4) is 5.75 Å². The zero-order chi connectivity index (χ0) is 17.5. The highest BCUT2D eigenvalue weighted by atomic mass is 19.4. The third-order valence-electron chi connectivity index (χ3n) is 2.85. The number of carbonyl (C=O) groups excluding carboxylic acids is 2. The predicted octanol–water partition coefficient (Wildman–Crippen LogP) is 1.18. The number of nitrogens with one attached hydrogen (secondary N) is 2. The lowest BCUT2D eigenvalue weighted by molar-refractivity contribution is -0.146. The molecule has 2 N–H and O–H groups in total. The molecule has 1 unspecified atom stereocenters. The van der Waals surface area contributed by atoms with Crippen LogP contribution in [0.25, 0.3) is 0 Å². The van der Waals surface area contributed by atoms with Crippen LogP contribution < -0.4 is 15.4 Å². The molecule has 6 nitrogen and oxygen atoms in total. The summed E-state index contributed by atoms with van der Waals surface area (Å²) < 4.78 is 46.1. The van der Waals surface area contributed by atoms with Gasteiger partial charge in [-0.2, -0.15) is 13.2 Å². The Labute approximate surface area is 130 Å². The lowest BCUT2D eigenvalue weighted by Crippen LogP contribution is -2.44. The molecule has 128 valence electrons. The lowest BCUT2D eigenvalue weighted by Gasteiger charge is -2.17. The molecule has 0 aromatic heterocycles. The van der Waals surface area contributed by atoms with Crippen LogP contribution in [0.15, 0.2) is 24.3 Å². The van der Waals surface area contributed by atoms with Crippen LogP contribution in [0.2, 0.25) is 0 Å². The monoisotopic (exact) mass is 334 g/mol. The summed E-state index contributed by atoms with van der Waals surface area (Å²) in [6, 6.07) is 6.86. The van der Waals surface area contributed by atoms with Crippen molar-refractivity contribution in [2.45, 2.75) is 12.3 Å². The van der Waals surface area contributed by atoms with Crippen LogP contribution in [-0.2, 0) is 14.3 Å². The summed E-state index contributed by atoms with van der Waals surface area (Å²) in [5, 5.41) is 3.71. The molecule has 0 radical (unpaired) electrons. The summed E-state index contributed by atoms with van der Waals surface area (Å²) in [6.07, 6.45) is -5.16. The number of benzene rings is 1. The molecule has 1 atom stereocenters. The van der Waals surface area contributed by atoms with Gasteiger partial charge in [-0.1, -0.05) is 12.1 Å². The molecule has 0 bridgehead atoms. The molecule has 0 heterocycles. The van der Waals surface area contributed by atoms with E-state index in [2.05, 4.69) is 5.32 Å². The minimum Gasteiger partial charge on any atom is -0.497 e. The summed E-state index contributed by atoms with van der Waals surface area (Å²) in [6.45, 7) is -1.65. The van der Waals surface area contributed by atoms with Gasteiger partial charge in [-0.05, 0) is 17.7 Å². The average molecular weight is 334 g/mol. The van der Waals surface area contributed by atoms with Crippen molar-refractivity contribution < 1.29 is 32.2 Å². The first-order valence-corrected chi connectivity index (χ1v) is 6.56. The maximum absolute atomic E-state index is 12.0. The molecular weight excluding hydrogens is 317 g/mol. The standard InChI is InChI=1S/C14H17F3N2O4/c1-22-10-5-3-4-9(6-10)11(23-2)7-18-12(20)13(21)19-8-14(15,16)17/h3-6,11H,7-8H2,1-2H3,(H,18,20)(H,19,21). The molecule has 1 rings (SSSR count). The molecule has 2 amide bonds. The van der Waals surface area contributed by atoms with Crippen LogP contribution in [0.3, 0.4) is 0 Å². The van der Waals surface area contributed by atoms with E-state index in [1.54, 1.807) is 24.3 Å². The highest BCUT2D eigenvalue weighted by Gasteiger charge is 2.29. The van der Waals surface area contributed by atoms with Crippen LogP contribution in [0, 0.1) is 0 Å². The largest absolute Gasteiger partial charge is 0.497 e. The lowest BCUT2D eigenvalue weighted by atomic mass is 10.1. The fourth-order valence-electron chi connectivity index (χ4n) is 1.71. The Morgan fingerprint density at radius 3 is 2.39 bits per heavy atom. The van der Waals surface area contributed by atoms with E-state index in [0.717, 1.165) is 0 Å². The van der Waals surface area contributed by atoms with E-state index in [-0.39, 0.29) is 6.54 Å². The van der Waals surface area contributed by atoms with Gasteiger partial charge < -0.3 is 20.1 Å². The van der Waals surface area contributed by atoms with Crippen molar-refractivity contribution in [2.75, 3.05) is 27.3 Å². The maximum Gasteiger partial charge on any atom is 0.405 e. The Hall–Kier alpha value is -2.29. The van der Waals surface area contributed by atoms with Crippen LogP contribution >= 0.6 is 0 Å². The predicted molar refractivity (Wildman–Crippen MR) is 74.8 cm³/mol. The topological polar surface area (TPSA) is 76.7 Å². The molecule has 23 heavy (non-hydrogen) atoms. The van der Waals surface area contributed by atoms with Crippen molar-refractivity contribution >= 4 is 11.8 Å². The van der Waals surface area contributed by atoms with Gasteiger partial charge in [-0.25, -0.2) is 0 Å². The molecule has 0 aliphatic carbocycles. The Morgan fingerprint density at radius 1 is 1.17 bits per heavy atom. The van der Waals surface area contributed by atoms with Crippen molar-refractivity contribution in [1.29, 1.82) is 0 Å². The quantitative estimate of drug-likeness (QED) is 0.766. The zero-order valence-corrected chi connectivity index (χ0v) is 12.6. The molecule has 1 aromatic rings. The van der Waals surface area contributed by atoms with E-state index < -0.39 is 30.6 Å². The van der Waals surface area contributed by atoms with Gasteiger partial charge in [0, 0.05) is 13.7 Å². The Morgan fingerprint density at radius 2 is 1.83 bits per heavy atom. The number of hydrogen-bond acceptors (Lipinski definition) is 4. The smallest absolute Gasteiger partial charge is 0.405 e. The van der Waals surface area contributed by atoms with Crippen LogP contribution in [-0.4, -0.2) is 45.3 Å². The van der Waals surface area contributed by atoms with Crippen molar-refractivity contribution in [2.24, 2.45) is 0 Å². The summed E-state index contributed by atoms with van der Waals surface area (Å²) in [4.78, 5) is 22.7. The van der Waals surface area contributed by atoms with E-state index in [9.17, 15) is 22.8 Å². The second kappa shape index (κ2) is 8.37. The molecule has 0 aliphatic heterocycles. The van der Waals surface area contributed by atoms with Gasteiger partial charge in [0.15, 0.2) is 0 Å². The maximum atomic E-state index is 12.0. The number of carbonyl (C=O) groups is 2. The van der Waals surface area contributed by atoms with Gasteiger partial charge in [0.2, 0.25) is 0 Å². The summed E-state index contributed by atoms with van der Waals surface area (Å²) in [5.41, 5.74) is 0.683. The minimum atomic E-state index is -4.58. The SMILES string of the molecule is COc1cccc(C(CNC(=O)C(=O)NCC(F)(F)F)OC)c1. The number of hydrogen-bond donors (Lipinski definition) is 2. The second-order valence-electron chi connectivity index (χ2n) is 4.51. The average Bonchev–Trinajstić information content (AvgIpc) is 2.52. The number of alkyl halides is 3. The van der Waals surface area contributed by atoms with Crippen molar-refractivity contribution in [3.05, 3.63) is 29.8 Å².